The van der Waals surface area contributed by atoms with E-state index >= 15 is 0 Å². The second-order valence-electron chi connectivity index (χ2n) is 4.74. The maximum Gasteiger partial charge on any atom is 0.335 e. The Labute approximate surface area is 102 Å². The van der Waals surface area contributed by atoms with Crippen LogP contribution in [-0.2, 0) is 0 Å². The summed E-state index contributed by atoms with van der Waals surface area (Å²) in [5, 5.41) is 12.4. The van der Waals surface area contributed by atoms with E-state index in [1.165, 1.54) is 25.7 Å². The zero-order valence-corrected chi connectivity index (χ0v) is 10.1. The van der Waals surface area contributed by atoms with Crippen molar-refractivity contribution in [3.05, 3.63) is 29.8 Å². The molecule has 0 aliphatic heterocycles. The molecule has 0 spiro atoms. The second kappa shape index (κ2) is 5.21. The fourth-order valence-electron chi connectivity index (χ4n) is 2.67. The van der Waals surface area contributed by atoms with Crippen LogP contribution in [0.2, 0.25) is 0 Å². The number of anilines is 1. The van der Waals surface area contributed by atoms with Crippen molar-refractivity contribution in [1.29, 1.82) is 0 Å². The van der Waals surface area contributed by atoms with Crippen LogP contribution in [0.25, 0.3) is 0 Å². The number of carbonyl (C=O) groups is 1. The normalized spacial score (nSPS) is 23.6. The van der Waals surface area contributed by atoms with Crippen LogP contribution in [0.1, 0.15) is 43.0 Å². The van der Waals surface area contributed by atoms with Crippen LogP contribution in [0.15, 0.2) is 24.3 Å². The van der Waals surface area contributed by atoms with Crippen LogP contribution >= 0.6 is 0 Å². The Kier molecular flexibility index (Phi) is 3.67. The molecule has 92 valence electrons. The molecule has 2 atom stereocenters. The highest BCUT2D eigenvalue weighted by atomic mass is 16.4. The Balaban J connectivity index is 2.07. The molecular weight excluding hydrogens is 214 g/mol. The molecule has 1 fully saturated rings. The fourth-order valence-corrected chi connectivity index (χ4v) is 2.67. The minimum absolute atomic E-state index is 0.348. The summed E-state index contributed by atoms with van der Waals surface area (Å²) in [6.45, 7) is 2.22. The predicted molar refractivity (Wildman–Crippen MR) is 68.4 cm³/mol. The number of carboxylic acids is 1. The van der Waals surface area contributed by atoms with Crippen molar-refractivity contribution in [2.75, 3.05) is 5.32 Å². The van der Waals surface area contributed by atoms with E-state index in [0.29, 0.717) is 11.6 Å². The van der Waals surface area contributed by atoms with E-state index in [1.54, 1.807) is 18.2 Å². The SMILES string of the molecule is CCC1CCCC1Nc1cccc(C(=O)O)c1. The zero-order valence-electron chi connectivity index (χ0n) is 10.1. The summed E-state index contributed by atoms with van der Waals surface area (Å²) in [5.74, 6) is -0.143. The lowest BCUT2D eigenvalue weighted by Gasteiger charge is -2.21. The van der Waals surface area contributed by atoms with Gasteiger partial charge in [0.1, 0.15) is 0 Å². The van der Waals surface area contributed by atoms with Crippen LogP contribution in [0, 0.1) is 5.92 Å². The van der Waals surface area contributed by atoms with E-state index in [4.69, 9.17) is 5.11 Å². The van der Waals surface area contributed by atoms with E-state index in [1.807, 2.05) is 6.07 Å². The van der Waals surface area contributed by atoms with Crippen LogP contribution in [-0.4, -0.2) is 17.1 Å². The highest BCUT2D eigenvalue weighted by molar-refractivity contribution is 5.88. The standard InChI is InChI=1S/C14H19NO2/c1-2-10-5-4-8-13(10)15-12-7-3-6-11(9-12)14(16)17/h3,6-7,9-10,13,15H,2,4-5,8H2,1H3,(H,16,17). The number of nitrogens with one attached hydrogen (secondary N) is 1. The van der Waals surface area contributed by atoms with Crippen molar-refractivity contribution in [2.24, 2.45) is 5.92 Å². The van der Waals surface area contributed by atoms with Gasteiger partial charge in [0, 0.05) is 11.7 Å². The molecule has 0 aromatic heterocycles. The minimum atomic E-state index is -0.868. The number of rotatable bonds is 4. The van der Waals surface area contributed by atoms with Gasteiger partial charge in [-0.05, 0) is 37.0 Å². The van der Waals surface area contributed by atoms with Gasteiger partial charge in [-0.25, -0.2) is 4.79 Å². The first-order chi connectivity index (χ1) is 8.20. The summed E-state index contributed by atoms with van der Waals surface area (Å²) in [5.41, 5.74) is 1.27. The van der Waals surface area contributed by atoms with Crippen LogP contribution < -0.4 is 5.32 Å². The van der Waals surface area contributed by atoms with Gasteiger partial charge in [-0.3, -0.25) is 0 Å². The molecule has 1 aromatic carbocycles. The van der Waals surface area contributed by atoms with E-state index in [-0.39, 0.29) is 0 Å². The fraction of sp³-hybridized carbons (Fsp3) is 0.500. The zero-order chi connectivity index (χ0) is 12.3. The summed E-state index contributed by atoms with van der Waals surface area (Å²) in [4.78, 5) is 10.9. The van der Waals surface area contributed by atoms with Crippen molar-refractivity contribution < 1.29 is 9.90 Å². The van der Waals surface area contributed by atoms with Crippen LogP contribution in [0.5, 0.6) is 0 Å². The summed E-state index contributed by atoms with van der Waals surface area (Å²) in [6.07, 6.45) is 4.94. The Morgan fingerprint density at radius 2 is 2.29 bits per heavy atom. The van der Waals surface area contributed by atoms with Crippen molar-refractivity contribution in [1.82, 2.24) is 0 Å². The molecule has 2 unspecified atom stereocenters. The molecule has 3 heteroatoms. The Morgan fingerprint density at radius 1 is 1.47 bits per heavy atom. The molecule has 1 aliphatic rings. The first-order valence-corrected chi connectivity index (χ1v) is 6.30. The molecule has 17 heavy (non-hydrogen) atoms. The summed E-state index contributed by atoms with van der Waals surface area (Å²) < 4.78 is 0. The third-order valence-electron chi connectivity index (χ3n) is 3.65. The second-order valence-corrected chi connectivity index (χ2v) is 4.74. The highest BCUT2D eigenvalue weighted by Crippen LogP contribution is 2.30. The molecule has 2 rings (SSSR count). The molecule has 0 saturated heterocycles. The maximum absolute atomic E-state index is 10.9. The predicted octanol–water partition coefficient (Wildman–Crippen LogP) is 3.38. The van der Waals surface area contributed by atoms with Gasteiger partial charge in [-0.15, -0.1) is 0 Å². The minimum Gasteiger partial charge on any atom is -0.478 e. The van der Waals surface area contributed by atoms with E-state index < -0.39 is 5.97 Å². The quantitative estimate of drug-likeness (QED) is 0.838. The average Bonchev–Trinajstić information content (AvgIpc) is 2.76. The van der Waals surface area contributed by atoms with Crippen molar-refractivity contribution in [2.45, 2.75) is 38.6 Å². The summed E-state index contributed by atoms with van der Waals surface area (Å²) in [6, 6.07) is 7.58. The van der Waals surface area contributed by atoms with Gasteiger partial charge < -0.3 is 10.4 Å². The Bertz CT molecular complexity index is 403. The maximum atomic E-state index is 10.9. The van der Waals surface area contributed by atoms with Gasteiger partial charge in [0.25, 0.3) is 0 Å². The molecule has 1 aromatic rings. The van der Waals surface area contributed by atoms with Crippen LogP contribution in [0.4, 0.5) is 5.69 Å². The molecule has 1 saturated carbocycles. The third-order valence-corrected chi connectivity index (χ3v) is 3.65. The molecule has 0 amide bonds. The molecule has 0 heterocycles. The smallest absolute Gasteiger partial charge is 0.335 e. The molecule has 0 radical (unpaired) electrons. The number of hydrogen-bond donors (Lipinski definition) is 2. The van der Waals surface area contributed by atoms with Crippen molar-refractivity contribution >= 4 is 11.7 Å². The summed E-state index contributed by atoms with van der Waals surface area (Å²) in [7, 11) is 0. The van der Waals surface area contributed by atoms with Crippen molar-refractivity contribution in [3.8, 4) is 0 Å². The largest absolute Gasteiger partial charge is 0.478 e. The first-order valence-electron chi connectivity index (χ1n) is 6.30. The monoisotopic (exact) mass is 233 g/mol. The average molecular weight is 233 g/mol. The van der Waals surface area contributed by atoms with E-state index in [9.17, 15) is 4.79 Å². The number of carboxylic acid groups (broad SMARTS) is 1. The summed E-state index contributed by atoms with van der Waals surface area (Å²) >= 11 is 0. The molecule has 2 N–H and O–H groups in total. The van der Waals surface area contributed by atoms with Gasteiger partial charge in [-0.1, -0.05) is 25.8 Å². The number of aromatic carboxylic acids is 1. The number of benzene rings is 1. The van der Waals surface area contributed by atoms with Gasteiger partial charge in [0.15, 0.2) is 0 Å². The van der Waals surface area contributed by atoms with E-state index in [0.717, 1.165) is 11.6 Å². The van der Waals surface area contributed by atoms with Crippen molar-refractivity contribution in [3.63, 3.8) is 0 Å². The lowest BCUT2D eigenvalue weighted by atomic mass is 10.0. The Morgan fingerprint density at radius 3 is 3.00 bits per heavy atom. The lowest BCUT2D eigenvalue weighted by Crippen LogP contribution is -2.23. The van der Waals surface area contributed by atoms with E-state index in [2.05, 4.69) is 12.2 Å². The van der Waals surface area contributed by atoms with Gasteiger partial charge in [0.05, 0.1) is 5.56 Å². The van der Waals surface area contributed by atoms with Gasteiger partial charge >= 0.3 is 5.97 Å². The molecular formula is C14H19NO2. The third kappa shape index (κ3) is 2.78. The van der Waals surface area contributed by atoms with Gasteiger partial charge in [-0.2, -0.15) is 0 Å². The number of hydrogen-bond acceptors (Lipinski definition) is 2. The Hall–Kier alpha value is -1.51. The molecule has 3 nitrogen and oxygen atoms in total. The molecule has 0 bridgehead atoms. The van der Waals surface area contributed by atoms with Crippen LogP contribution in [0.3, 0.4) is 0 Å². The van der Waals surface area contributed by atoms with Gasteiger partial charge in [0.2, 0.25) is 0 Å². The lowest BCUT2D eigenvalue weighted by molar-refractivity contribution is 0.0697. The highest BCUT2D eigenvalue weighted by Gasteiger charge is 2.25. The topological polar surface area (TPSA) is 49.3 Å². The molecule has 1 aliphatic carbocycles. The first kappa shape index (κ1) is 12.0.